The normalized spacial score (nSPS) is 10.8. The Morgan fingerprint density at radius 3 is 2.40 bits per heavy atom. The summed E-state index contributed by atoms with van der Waals surface area (Å²) in [5.41, 5.74) is 0.358. The first kappa shape index (κ1) is 15.6. The zero-order valence-electron chi connectivity index (χ0n) is 11.9. The van der Waals surface area contributed by atoms with Crippen LogP contribution in [0.2, 0.25) is 0 Å². The molecule has 0 radical (unpaired) electrons. The first-order valence-corrected chi connectivity index (χ1v) is 5.88. The third kappa shape index (κ3) is 3.78. The average Bonchev–Trinajstić information content (AvgIpc) is 2.26. The minimum Gasteiger partial charge on any atom is -0.464 e. The van der Waals surface area contributed by atoms with Gasteiger partial charge in [0.2, 0.25) is 0 Å². The summed E-state index contributed by atoms with van der Waals surface area (Å²) in [4.78, 5) is 23.5. The lowest BCUT2D eigenvalue weighted by atomic mass is 10.2. The molecule has 0 aliphatic carbocycles. The Morgan fingerprint density at radius 1 is 1.40 bits per heavy atom. The number of hydrogen-bond donors (Lipinski definition) is 1. The molecule has 20 heavy (non-hydrogen) atoms. The van der Waals surface area contributed by atoms with Crippen LogP contribution >= 0.6 is 0 Å². The van der Waals surface area contributed by atoms with Crippen LogP contribution in [0, 0.1) is 6.92 Å². The fraction of sp³-hybridized carbons (Fsp3) is 0.385. The third-order valence-electron chi connectivity index (χ3n) is 2.20. The largest absolute Gasteiger partial charge is 0.464 e. The van der Waals surface area contributed by atoms with Gasteiger partial charge in [-0.15, -0.1) is 10.2 Å². The summed E-state index contributed by atoms with van der Waals surface area (Å²) in [6.07, 6.45) is -1.02. The van der Waals surface area contributed by atoms with Gasteiger partial charge in [-0.05, 0) is 45.4 Å². The van der Waals surface area contributed by atoms with Crippen molar-refractivity contribution in [1.29, 1.82) is 0 Å². The Hall–Kier alpha value is -2.44. The predicted octanol–water partition coefficient (Wildman–Crippen LogP) is 2.85. The average molecular weight is 279 g/mol. The quantitative estimate of drug-likeness (QED) is 0.894. The molecule has 1 N–H and O–H groups in total. The van der Waals surface area contributed by atoms with Gasteiger partial charge in [0, 0.05) is 0 Å². The van der Waals surface area contributed by atoms with Crippen molar-refractivity contribution in [1.82, 2.24) is 10.2 Å². The van der Waals surface area contributed by atoms with Crippen LogP contribution in [0.25, 0.3) is 6.08 Å². The number of carbonyl (C=O) groups is 2. The fourth-order valence-electron chi connectivity index (χ4n) is 1.37. The molecule has 0 fully saturated rings. The number of aryl methyl sites for hydroxylation is 1. The molecule has 1 aromatic rings. The molecule has 1 heterocycles. The van der Waals surface area contributed by atoms with Crippen LogP contribution in [0.3, 0.4) is 0 Å². The maximum atomic E-state index is 11.9. The number of ether oxygens (including phenoxy) is 1. The Labute approximate surface area is 116 Å². The van der Waals surface area contributed by atoms with Crippen molar-refractivity contribution in [2.75, 3.05) is 4.90 Å². The summed E-state index contributed by atoms with van der Waals surface area (Å²) >= 11 is 0. The highest BCUT2D eigenvalue weighted by Gasteiger charge is 2.30. The molecule has 0 spiro atoms. The van der Waals surface area contributed by atoms with Crippen LogP contribution in [0.4, 0.5) is 15.4 Å². The van der Waals surface area contributed by atoms with Gasteiger partial charge in [0.15, 0.2) is 5.82 Å². The van der Waals surface area contributed by atoms with Crippen molar-refractivity contribution in [3.63, 3.8) is 0 Å². The minimum atomic E-state index is -1.49. The van der Waals surface area contributed by atoms with E-state index in [2.05, 4.69) is 16.8 Å². The lowest BCUT2D eigenvalue weighted by Crippen LogP contribution is -2.40. The summed E-state index contributed by atoms with van der Waals surface area (Å²) < 4.78 is 5.03. The highest BCUT2D eigenvalue weighted by Crippen LogP contribution is 2.18. The van der Waals surface area contributed by atoms with Gasteiger partial charge >= 0.3 is 12.2 Å². The second-order valence-electron chi connectivity index (χ2n) is 5.07. The standard InChI is InChI=1S/C13H17N3O4/c1-6-9-8(2)7-10(15-14-9)16(11(17)18)12(19)20-13(3,4)5/h6-7H,1H2,2-5H3,(H,17,18). The van der Waals surface area contributed by atoms with Crippen LogP contribution in [-0.4, -0.2) is 33.1 Å². The number of carboxylic acid groups (broad SMARTS) is 1. The number of amides is 2. The van der Waals surface area contributed by atoms with E-state index in [1.807, 2.05) is 0 Å². The molecule has 0 atom stereocenters. The van der Waals surface area contributed by atoms with Gasteiger partial charge in [-0.3, -0.25) is 0 Å². The summed E-state index contributed by atoms with van der Waals surface area (Å²) in [5, 5.41) is 16.7. The number of nitrogens with zero attached hydrogens (tertiary/aromatic N) is 3. The third-order valence-corrected chi connectivity index (χ3v) is 2.20. The van der Waals surface area contributed by atoms with E-state index in [-0.39, 0.29) is 5.82 Å². The van der Waals surface area contributed by atoms with E-state index in [0.29, 0.717) is 16.2 Å². The molecule has 0 aliphatic rings. The molecule has 1 aromatic heterocycles. The number of imide groups is 1. The summed E-state index contributed by atoms with van der Waals surface area (Å²) in [6.45, 7) is 10.2. The second kappa shape index (κ2) is 5.68. The molecule has 7 heteroatoms. The first-order valence-electron chi connectivity index (χ1n) is 5.88. The molecular weight excluding hydrogens is 262 g/mol. The van der Waals surface area contributed by atoms with Gasteiger partial charge in [-0.2, -0.15) is 4.90 Å². The number of hydrogen-bond acceptors (Lipinski definition) is 5. The maximum absolute atomic E-state index is 11.9. The van der Waals surface area contributed by atoms with Gasteiger partial charge < -0.3 is 9.84 Å². The van der Waals surface area contributed by atoms with Crippen LogP contribution < -0.4 is 4.90 Å². The molecule has 0 bridgehead atoms. The summed E-state index contributed by atoms with van der Waals surface area (Å²) in [6, 6.07) is 1.43. The smallest absolute Gasteiger partial charge is 0.425 e. The molecule has 108 valence electrons. The molecule has 0 saturated carbocycles. The number of rotatable bonds is 2. The number of aromatic nitrogens is 2. The van der Waals surface area contributed by atoms with Crippen molar-refractivity contribution in [2.24, 2.45) is 0 Å². The minimum absolute atomic E-state index is 0.116. The fourth-order valence-corrected chi connectivity index (χ4v) is 1.37. The topological polar surface area (TPSA) is 92.6 Å². The Balaban J connectivity index is 3.15. The molecule has 0 saturated heterocycles. The van der Waals surface area contributed by atoms with Gasteiger partial charge in [-0.1, -0.05) is 6.58 Å². The lowest BCUT2D eigenvalue weighted by molar-refractivity contribution is 0.0580. The van der Waals surface area contributed by atoms with Gasteiger partial charge in [0.25, 0.3) is 0 Å². The van der Waals surface area contributed by atoms with E-state index >= 15 is 0 Å². The van der Waals surface area contributed by atoms with E-state index in [1.54, 1.807) is 27.7 Å². The van der Waals surface area contributed by atoms with E-state index in [4.69, 9.17) is 9.84 Å². The van der Waals surface area contributed by atoms with E-state index < -0.39 is 17.8 Å². The van der Waals surface area contributed by atoms with Gasteiger partial charge in [0.05, 0.1) is 5.69 Å². The molecule has 7 nitrogen and oxygen atoms in total. The van der Waals surface area contributed by atoms with Crippen LogP contribution in [0.15, 0.2) is 12.6 Å². The van der Waals surface area contributed by atoms with Crippen molar-refractivity contribution < 1.29 is 19.4 Å². The number of carbonyl (C=O) groups excluding carboxylic acids is 1. The summed E-state index contributed by atoms with van der Waals surface area (Å²) in [5.74, 6) is -0.116. The van der Waals surface area contributed by atoms with Crippen molar-refractivity contribution >= 4 is 24.1 Å². The van der Waals surface area contributed by atoms with Crippen LogP contribution in [-0.2, 0) is 4.74 Å². The SMILES string of the molecule is C=Cc1nnc(N(C(=O)O)C(=O)OC(C)(C)C)cc1C. The molecule has 1 rings (SSSR count). The monoisotopic (exact) mass is 279 g/mol. The van der Waals surface area contributed by atoms with Crippen molar-refractivity contribution in [2.45, 2.75) is 33.3 Å². The maximum Gasteiger partial charge on any atom is 0.425 e. The van der Waals surface area contributed by atoms with E-state index in [0.717, 1.165) is 0 Å². The molecule has 0 unspecified atom stereocenters. The lowest BCUT2D eigenvalue weighted by Gasteiger charge is -2.23. The van der Waals surface area contributed by atoms with Gasteiger partial charge in [0.1, 0.15) is 5.60 Å². The number of anilines is 1. The van der Waals surface area contributed by atoms with Crippen molar-refractivity contribution in [3.05, 3.63) is 23.9 Å². The highest BCUT2D eigenvalue weighted by atomic mass is 16.6. The molecule has 2 amide bonds. The molecular formula is C13H17N3O4. The molecule has 0 aromatic carbocycles. The zero-order chi connectivity index (χ0) is 15.5. The Kier molecular flexibility index (Phi) is 4.44. The summed E-state index contributed by atoms with van der Waals surface area (Å²) in [7, 11) is 0. The second-order valence-corrected chi connectivity index (χ2v) is 5.07. The van der Waals surface area contributed by atoms with Crippen LogP contribution in [0.5, 0.6) is 0 Å². The highest BCUT2D eigenvalue weighted by molar-refractivity contribution is 6.07. The Bertz CT molecular complexity index is 549. The van der Waals surface area contributed by atoms with Crippen LogP contribution in [0.1, 0.15) is 32.0 Å². The van der Waals surface area contributed by atoms with E-state index in [9.17, 15) is 9.59 Å². The van der Waals surface area contributed by atoms with Gasteiger partial charge in [-0.25, -0.2) is 9.59 Å². The Morgan fingerprint density at radius 2 is 2.00 bits per heavy atom. The molecule has 0 aliphatic heterocycles. The predicted molar refractivity (Wildman–Crippen MR) is 73.6 cm³/mol. The first-order chi connectivity index (χ1) is 9.15. The van der Waals surface area contributed by atoms with Crippen molar-refractivity contribution in [3.8, 4) is 0 Å². The van der Waals surface area contributed by atoms with E-state index in [1.165, 1.54) is 12.1 Å². The zero-order valence-corrected chi connectivity index (χ0v) is 11.9.